The minimum absolute atomic E-state index is 0.0293. The highest BCUT2D eigenvalue weighted by atomic mass is 31.2. The van der Waals surface area contributed by atoms with Gasteiger partial charge in [-0.15, -0.1) is 0 Å². The number of carbonyl (C=O) groups excluding carboxylic acids is 2. The smallest absolute Gasteiger partial charge is 0.457 e. The number of aliphatic hydroxyl groups excluding tert-OH is 1. The van der Waals surface area contributed by atoms with Crippen molar-refractivity contribution in [3.63, 3.8) is 0 Å². The summed E-state index contributed by atoms with van der Waals surface area (Å²) in [5.41, 5.74) is 0. The molecule has 0 saturated carbocycles. The number of rotatable bonds is 27. The summed E-state index contributed by atoms with van der Waals surface area (Å²) in [5, 5.41) is 12.4. The van der Waals surface area contributed by atoms with E-state index >= 15 is 0 Å². The largest absolute Gasteiger partial charge is 0.472 e. The highest BCUT2D eigenvalue weighted by Crippen LogP contribution is 2.45. The van der Waals surface area contributed by atoms with Gasteiger partial charge in [0.2, 0.25) is 5.91 Å². The number of phosphoric ester groups is 2. The third kappa shape index (κ3) is 20.4. The molecule has 1 rings (SSSR count). The van der Waals surface area contributed by atoms with Crippen molar-refractivity contribution in [3.05, 3.63) is 0 Å². The first-order valence-electron chi connectivity index (χ1n) is 17.0. The number of carbonyl (C=O) groups is 2. The maximum absolute atomic E-state index is 13.0. The van der Waals surface area contributed by atoms with Gasteiger partial charge in [0.25, 0.3) is 0 Å². The molecule has 6 N–H and O–H groups in total. The van der Waals surface area contributed by atoms with Crippen molar-refractivity contribution in [1.29, 1.82) is 0 Å². The summed E-state index contributed by atoms with van der Waals surface area (Å²) in [5.74, 6) is -1.35. The second kappa shape index (κ2) is 24.3. The van der Waals surface area contributed by atoms with Crippen molar-refractivity contribution in [2.75, 3.05) is 6.61 Å². The van der Waals surface area contributed by atoms with E-state index in [-0.39, 0.29) is 12.8 Å². The van der Waals surface area contributed by atoms with Crippen LogP contribution < -0.4 is 5.32 Å². The van der Waals surface area contributed by atoms with Crippen molar-refractivity contribution in [2.45, 2.75) is 173 Å². The SMILES string of the molecule is CCCCCCCCCCCC(=O)N[C@H]1[C@@H](OP(=O)(O)O)O[C@H](CO)[C@@H](OP(=O)(O)O)[C@@H]1OC(=O)CCCCCCCCCCC. The summed E-state index contributed by atoms with van der Waals surface area (Å²) < 4.78 is 44.2. The van der Waals surface area contributed by atoms with E-state index in [1.165, 1.54) is 44.9 Å². The highest BCUT2D eigenvalue weighted by molar-refractivity contribution is 7.46. The normalized spacial score (nSPS) is 22.1. The van der Waals surface area contributed by atoms with Gasteiger partial charge in [0.1, 0.15) is 18.2 Å². The third-order valence-electron chi connectivity index (χ3n) is 7.91. The molecule has 0 bridgehead atoms. The average Bonchev–Trinajstić information content (AvgIpc) is 2.96. The Morgan fingerprint density at radius 1 is 0.652 bits per heavy atom. The molecular weight excluding hydrogens is 644 g/mol. The van der Waals surface area contributed by atoms with Gasteiger partial charge in [0, 0.05) is 12.8 Å². The molecule has 46 heavy (non-hydrogen) atoms. The van der Waals surface area contributed by atoms with E-state index in [1.54, 1.807) is 0 Å². The number of amides is 1. The number of nitrogens with one attached hydrogen (secondary N) is 1. The molecule has 1 aliphatic rings. The first-order chi connectivity index (χ1) is 21.8. The van der Waals surface area contributed by atoms with Crippen LogP contribution in [0.5, 0.6) is 0 Å². The number of aliphatic hydroxyl groups is 1. The summed E-state index contributed by atoms with van der Waals surface area (Å²) in [7, 11) is -10.5. The molecule has 0 aromatic rings. The Balaban J connectivity index is 2.93. The Bertz CT molecular complexity index is 928. The zero-order valence-corrected chi connectivity index (χ0v) is 29.4. The molecule has 0 spiro atoms. The first kappa shape index (κ1) is 43.1. The molecule has 272 valence electrons. The van der Waals surface area contributed by atoms with Crippen LogP contribution in [0.25, 0.3) is 0 Å². The molecule has 1 heterocycles. The van der Waals surface area contributed by atoms with Gasteiger partial charge >= 0.3 is 21.6 Å². The van der Waals surface area contributed by atoms with Gasteiger partial charge in [-0.2, -0.15) is 0 Å². The molecule has 16 heteroatoms. The Labute approximate surface area is 274 Å². The number of hydrogen-bond acceptors (Lipinski definition) is 9. The molecule has 1 fully saturated rings. The lowest BCUT2D eigenvalue weighted by atomic mass is 9.96. The minimum Gasteiger partial charge on any atom is -0.457 e. The van der Waals surface area contributed by atoms with Crippen LogP contribution in [-0.4, -0.2) is 73.8 Å². The lowest BCUT2D eigenvalue weighted by molar-refractivity contribution is -0.250. The maximum atomic E-state index is 13.0. The standard InChI is InChI=1S/C30H59NO13P2/c1-3-5-7-9-11-13-15-17-19-21-25(33)31-27-29(42-26(34)22-20-18-16-14-12-10-8-6-4-2)28(43-45(35,36)37)24(23-32)41-30(27)44-46(38,39)40/h24,27-30,32H,3-23H2,1-2H3,(H,31,33)(H2,35,36,37)(H2,38,39,40)/t24-,27-,28-,29-,30-/m1/s1. The molecule has 0 aliphatic carbocycles. The number of esters is 1. The monoisotopic (exact) mass is 703 g/mol. The first-order valence-corrected chi connectivity index (χ1v) is 20.1. The summed E-state index contributed by atoms with van der Waals surface area (Å²) in [6.45, 7) is 3.38. The van der Waals surface area contributed by atoms with E-state index in [0.717, 1.165) is 57.8 Å². The number of phosphoric acid groups is 2. The van der Waals surface area contributed by atoms with Crippen molar-refractivity contribution in [1.82, 2.24) is 5.32 Å². The van der Waals surface area contributed by atoms with Crippen LogP contribution in [-0.2, 0) is 37.2 Å². The maximum Gasteiger partial charge on any atom is 0.472 e. The molecule has 0 aromatic carbocycles. The fourth-order valence-electron chi connectivity index (χ4n) is 5.50. The minimum atomic E-state index is -5.26. The van der Waals surface area contributed by atoms with E-state index < -0.39 is 64.8 Å². The quantitative estimate of drug-likeness (QED) is 0.0353. The van der Waals surface area contributed by atoms with E-state index in [1.807, 2.05) is 0 Å². The molecule has 0 radical (unpaired) electrons. The average molecular weight is 704 g/mol. The van der Waals surface area contributed by atoms with E-state index in [0.29, 0.717) is 12.8 Å². The van der Waals surface area contributed by atoms with Gasteiger partial charge < -0.3 is 39.5 Å². The Kier molecular flexibility index (Phi) is 22.7. The summed E-state index contributed by atoms with van der Waals surface area (Å²) in [6.07, 6.45) is 11.1. The Morgan fingerprint density at radius 3 is 1.52 bits per heavy atom. The molecular formula is C30H59NO13P2. The summed E-state index contributed by atoms with van der Waals surface area (Å²) in [6, 6.07) is -1.62. The van der Waals surface area contributed by atoms with Crippen LogP contribution in [0, 0.1) is 0 Å². The molecule has 0 unspecified atom stereocenters. The molecule has 1 aliphatic heterocycles. The Hall–Kier alpha value is -0.920. The van der Waals surface area contributed by atoms with Gasteiger partial charge in [-0.05, 0) is 12.8 Å². The lowest BCUT2D eigenvalue weighted by Gasteiger charge is -2.45. The number of unbranched alkanes of at least 4 members (excludes halogenated alkanes) is 16. The van der Waals surface area contributed by atoms with Crippen LogP contribution in [0.3, 0.4) is 0 Å². The van der Waals surface area contributed by atoms with Crippen molar-refractivity contribution in [2.24, 2.45) is 0 Å². The number of hydrogen-bond donors (Lipinski definition) is 6. The molecule has 14 nitrogen and oxygen atoms in total. The van der Waals surface area contributed by atoms with E-state index in [9.17, 15) is 43.4 Å². The lowest BCUT2D eigenvalue weighted by Crippen LogP contribution is -2.66. The predicted octanol–water partition coefficient (Wildman–Crippen LogP) is 5.53. The Morgan fingerprint density at radius 2 is 1.09 bits per heavy atom. The van der Waals surface area contributed by atoms with Gasteiger partial charge in [0.05, 0.1) is 6.61 Å². The van der Waals surface area contributed by atoms with Crippen molar-refractivity contribution < 1.29 is 61.9 Å². The van der Waals surface area contributed by atoms with Gasteiger partial charge in [-0.25, -0.2) is 9.13 Å². The van der Waals surface area contributed by atoms with Gasteiger partial charge in [0.15, 0.2) is 12.4 Å². The van der Waals surface area contributed by atoms with Crippen LogP contribution in [0.1, 0.15) is 142 Å². The van der Waals surface area contributed by atoms with Crippen LogP contribution >= 0.6 is 15.6 Å². The molecule has 5 atom stereocenters. The molecule has 0 aromatic heterocycles. The fourth-order valence-corrected chi connectivity index (χ4v) is 6.52. The predicted molar refractivity (Wildman–Crippen MR) is 171 cm³/mol. The highest BCUT2D eigenvalue weighted by Gasteiger charge is 2.53. The van der Waals surface area contributed by atoms with E-state index in [2.05, 4.69) is 19.2 Å². The van der Waals surface area contributed by atoms with Gasteiger partial charge in [-0.3, -0.25) is 18.6 Å². The van der Waals surface area contributed by atoms with Crippen LogP contribution in [0.4, 0.5) is 0 Å². The second-order valence-corrected chi connectivity index (χ2v) is 14.5. The van der Waals surface area contributed by atoms with Crippen LogP contribution in [0.2, 0.25) is 0 Å². The summed E-state index contributed by atoms with van der Waals surface area (Å²) in [4.78, 5) is 64.0. The van der Waals surface area contributed by atoms with Crippen LogP contribution in [0.15, 0.2) is 0 Å². The van der Waals surface area contributed by atoms with Gasteiger partial charge in [-0.1, -0.05) is 117 Å². The second-order valence-electron chi connectivity index (χ2n) is 12.1. The van der Waals surface area contributed by atoms with Crippen molar-refractivity contribution in [3.8, 4) is 0 Å². The molecule has 1 saturated heterocycles. The van der Waals surface area contributed by atoms with Crippen molar-refractivity contribution >= 4 is 27.5 Å². The zero-order valence-electron chi connectivity index (χ0n) is 27.6. The molecule has 1 amide bonds. The third-order valence-corrected chi connectivity index (χ3v) is 8.91. The number of ether oxygens (including phenoxy) is 2. The summed E-state index contributed by atoms with van der Waals surface area (Å²) >= 11 is 0. The topological polar surface area (TPSA) is 218 Å². The fraction of sp³-hybridized carbons (Fsp3) is 0.933. The van der Waals surface area contributed by atoms with E-state index in [4.69, 9.17) is 18.5 Å². The zero-order chi connectivity index (χ0) is 34.4.